The van der Waals surface area contributed by atoms with Crippen LogP contribution in [0.1, 0.15) is 16.1 Å². The van der Waals surface area contributed by atoms with Gasteiger partial charge in [0, 0.05) is 25.2 Å². The molecule has 8 nitrogen and oxygen atoms in total. The van der Waals surface area contributed by atoms with Gasteiger partial charge in [-0.05, 0) is 18.7 Å². The van der Waals surface area contributed by atoms with Crippen LogP contribution < -0.4 is 0 Å². The van der Waals surface area contributed by atoms with Crippen molar-refractivity contribution in [1.82, 2.24) is 29.5 Å². The number of carbonyl (C=O) groups is 1. The molecule has 3 aromatic rings. The SMILES string of the molecule is Cc1nn(C)c2ncc(C(=O)O)c(Sc3nncn3C)c12. The van der Waals surface area contributed by atoms with Crippen LogP contribution in [0, 0.1) is 6.92 Å². The fourth-order valence-electron chi connectivity index (χ4n) is 2.09. The summed E-state index contributed by atoms with van der Waals surface area (Å²) in [4.78, 5) is 16.3. The van der Waals surface area contributed by atoms with E-state index in [1.807, 2.05) is 6.92 Å². The molecule has 3 rings (SSSR count). The number of pyridine rings is 1. The average molecular weight is 304 g/mol. The summed E-state index contributed by atoms with van der Waals surface area (Å²) in [5.41, 5.74) is 1.50. The molecule has 0 spiro atoms. The van der Waals surface area contributed by atoms with E-state index < -0.39 is 5.97 Å². The molecule has 0 saturated carbocycles. The maximum absolute atomic E-state index is 11.5. The third-order valence-corrected chi connectivity index (χ3v) is 4.25. The Balaban J connectivity index is 2.28. The van der Waals surface area contributed by atoms with Crippen molar-refractivity contribution in [2.24, 2.45) is 14.1 Å². The molecule has 0 bridgehead atoms. The lowest BCUT2D eigenvalue weighted by molar-refractivity contribution is 0.0693. The van der Waals surface area contributed by atoms with Crippen molar-refractivity contribution in [3.63, 3.8) is 0 Å². The lowest BCUT2D eigenvalue weighted by Gasteiger charge is -2.07. The lowest BCUT2D eigenvalue weighted by Crippen LogP contribution is -2.02. The second kappa shape index (κ2) is 4.85. The molecule has 0 amide bonds. The molecule has 1 N–H and O–H groups in total. The van der Waals surface area contributed by atoms with E-state index in [1.54, 1.807) is 29.7 Å². The van der Waals surface area contributed by atoms with Gasteiger partial charge in [0.25, 0.3) is 0 Å². The van der Waals surface area contributed by atoms with Crippen molar-refractivity contribution in [3.8, 4) is 0 Å². The number of carboxylic acid groups (broad SMARTS) is 1. The molecule has 9 heteroatoms. The number of aromatic carboxylic acids is 1. The second-order valence-corrected chi connectivity index (χ2v) is 5.52. The van der Waals surface area contributed by atoms with Gasteiger partial charge in [0.05, 0.1) is 16.6 Å². The van der Waals surface area contributed by atoms with E-state index in [2.05, 4.69) is 20.3 Å². The molecule has 0 aliphatic carbocycles. The summed E-state index contributed by atoms with van der Waals surface area (Å²) in [6, 6.07) is 0. The molecule has 0 unspecified atom stereocenters. The number of aryl methyl sites for hydroxylation is 3. The molecule has 0 atom stereocenters. The van der Waals surface area contributed by atoms with E-state index in [4.69, 9.17) is 0 Å². The summed E-state index contributed by atoms with van der Waals surface area (Å²) in [7, 11) is 3.58. The molecule has 0 aromatic carbocycles. The highest BCUT2D eigenvalue weighted by atomic mass is 32.2. The molecular weight excluding hydrogens is 292 g/mol. The molecule has 3 heterocycles. The van der Waals surface area contributed by atoms with Crippen molar-refractivity contribution in [2.45, 2.75) is 17.0 Å². The van der Waals surface area contributed by atoms with E-state index in [-0.39, 0.29) is 5.56 Å². The molecule has 0 aliphatic heterocycles. The Labute approximate surface area is 123 Å². The van der Waals surface area contributed by atoms with Gasteiger partial charge < -0.3 is 9.67 Å². The van der Waals surface area contributed by atoms with E-state index in [1.165, 1.54) is 18.0 Å². The largest absolute Gasteiger partial charge is 0.478 e. The standard InChI is InChI=1S/C12H12N6O2S/c1-6-8-9(21-12-15-14-5-17(12)2)7(11(19)20)4-13-10(8)18(3)16-6/h4-5H,1-3H3,(H,19,20). The molecule has 0 saturated heterocycles. The first-order valence-electron chi connectivity index (χ1n) is 6.06. The van der Waals surface area contributed by atoms with Crippen LogP contribution in [0.15, 0.2) is 22.6 Å². The van der Waals surface area contributed by atoms with E-state index >= 15 is 0 Å². The lowest BCUT2D eigenvalue weighted by atomic mass is 10.2. The Morgan fingerprint density at radius 1 is 1.38 bits per heavy atom. The maximum Gasteiger partial charge on any atom is 0.338 e. The highest BCUT2D eigenvalue weighted by molar-refractivity contribution is 7.99. The van der Waals surface area contributed by atoms with Crippen molar-refractivity contribution >= 4 is 28.8 Å². The number of fused-ring (bicyclic) bond motifs is 1. The first-order chi connectivity index (χ1) is 9.99. The third-order valence-electron chi connectivity index (χ3n) is 3.07. The van der Waals surface area contributed by atoms with Crippen LogP contribution in [0.3, 0.4) is 0 Å². The molecule has 108 valence electrons. The van der Waals surface area contributed by atoms with E-state index in [0.717, 1.165) is 11.1 Å². The summed E-state index contributed by atoms with van der Waals surface area (Å²) in [5, 5.41) is 22.8. The predicted octanol–water partition coefficient (Wildman–Crippen LogP) is 1.25. The zero-order chi connectivity index (χ0) is 15.1. The molecule has 21 heavy (non-hydrogen) atoms. The van der Waals surface area contributed by atoms with Crippen LogP contribution >= 0.6 is 11.8 Å². The monoisotopic (exact) mass is 304 g/mol. The summed E-state index contributed by atoms with van der Waals surface area (Å²) in [6.45, 7) is 1.83. The van der Waals surface area contributed by atoms with Gasteiger partial charge in [0.1, 0.15) is 6.33 Å². The van der Waals surface area contributed by atoms with Crippen LogP contribution in [-0.2, 0) is 14.1 Å². The van der Waals surface area contributed by atoms with Gasteiger partial charge in [-0.3, -0.25) is 4.68 Å². The molecular formula is C12H12N6O2S. The fourth-order valence-corrected chi connectivity index (χ4v) is 3.15. The maximum atomic E-state index is 11.5. The van der Waals surface area contributed by atoms with Gasteiger partial charge >= 0.3 is 5.97 Å². The smallest absolute Gasteiger partial charge is 0.338 e. The van der Waals surface area contributed by atoms with Crippen LogP contribution in [0.5, 0.6) is 0 Å². The molecule has 0 radical (unpaired) electrons. The van der Waals surface area contributed by atoms with Crippen molar-refractivity contribution in [2.75, 3.05) is 0 Å². The summed E-state index contributed by atoms with van der Waals surface area (Å²) in [5.74, 6) is -1.03. The van der Waals surface area contributed by atoms with Gasteiger partial charge in [0.2, 0.25) is 0 Å². The first kappa shape index (κ1) is 13.6. The Hall–Kier alpha value is -2.42. The second-order valence-electron chi connectivity index (χ2n) is 4.54. The van der Waals surface area contributed by atoms with E-state index in [9.17, 15) is 9.90 Å². The third kappa shape index (κ3) is 2.15. The minimum atomic E-state index is -1.03. The van der Waals surface area contributed by atoms with Crippen LogP contribution in [-0.4, -0.2) is 40.6 Å². The average Bonchev–Trinajstić information content (AvgIpc) is 2.95. The summed E-state index contributed by atoms with van der Waals surface area (Å²) < 4.78 is 3.37. The van der Waals surface area contributed by atoms with Gasteiger partial charge in [-0.25, -0.2) is 9.78 Å². The zero-order valence-electron chi connectivity index (χ0n) is 11.6. The Kier molecular flexibility index (Phi) is 3.13. The number of rotatable bonds is 3. The van der Waals surface area contributed by atoms with Crippen LogP contribution in [0.4, 0.5) is 0 Å². The van der Waals surface area contributed by atoms with Gasteiger partial charge in [-0.15, -0.1) is 10.2 Å². The topological polar surface area (TPSA) is 98.7 Å². The number of nitrogens with zero attached hydrogens (tertiary/aromatic N) is 6. The van der Waals surface area contributed by atoms with Crippen molar-refractivity contribution < 1.29 is 9.90 Å². The Morgan fingerprint density at radius 2 is 2.14 bits per heavy atom. The van der Waals surface area contributed by atoms with Gasteiger partial charge in [-0.2, -0.15) is 5.10 Å². The Bertz CT molecular complexity index is 853. The van der Waals surface area contributed by atoms with Crippen molar-refractivity contribution in [3.05, 3.63) is 23.8 Å². The van der Waals surface area contributed by atoms with Crippen LogP contribution in [0.25, 0.3) is 11.0 Å². The molecule has 0 aliphatic rings. The number of hydrogen-bond donors (Lipinski definition) is 1. The number of aromatic nitrogens is 6. The highest BCUT2D eigenvalue weighted by Crippen LogP contribution is 2.35. The van der Waals surface area contributed by atoms with Crippen LogP contribution in [0.2, 0.25) is 0 Å². The quantitative estimate of drug-likeness (QED) is 0.777. The first-order valence-corrected chi connectivity index (χ1v) is 6.88. The molecule has 0 fully saturated rings. The highest BCUT2D eigenvalue weighted by Gasteiger charge is 2.21. The van der Waals surface area contributed by atoms with Gasteiger partial charge in [-0.1, -0.05) is 0 Å². The normalized spacial score (nSPS) is 11.2. The van der Waals surface area contributed by atoms with Crippen molar-refractivity contribution in [1.29, 1.82) is 0 Å². The fraction of sp³-hybridized carbons (Fsp3) is 0.250. The zero-order valence-corrected chi connectivity index (χ0v) is 12.4. The number of carboxylic acids is 1. The minimum Gasteiger partial charge on any atom is -0.478 e. The van der Waals surface area contributed by atoms with Gasteiger partial charge in [0.15, 0.2) is 10.8 Å². The van der Waals surface area contributed by atoms with E-state index in [0.29, 0.717) is 15.7 Å². The summed E-state index contributed by atoms with van der Waals surface area (Å²) >= 11 is 1.25. The summed E-state index contributed by atoms with van der Waals surface area (Å²) in [6.07, 6.45) is 2.92. The predicted molar refractivity (Wildman–Crippen MR) is 75.3 cm³/mol. The minimum absolute atomic E-state index is 0.131. The number of hydrogen-bond acceptors (Lipinski definition) is 6. The molecule has 3 aromatic heterocycles. The Morgan fingerprint density at radius 3 is 2.76 bits per heavy atom.